The summed E-state index contributed by atoms with van der Waals surface area (Å²) < 4.78 is 25.6. The van der Waals surface area contributed by atoms with Gasteiger partial charge >= 0.3 is 0 Å². The van der Waals surface area contributed by atoms with Crippen molar-refractivity contribution in [3.05, 3.63) is 94.8 Å². The van der Waals surface area contributed by atoms with E-state index in [0.29, 0.717) is 17.1 Å². The second kappa shape index (κ2) is 8.21. The molecule has 1 aliphatic rings. The van der Waals surface area contributed by atoms with Crippen molar-refractivity contribution in [3.8, 4) is 11.5 Å². The van der Waals surface area contributed by atoms with E-state index in [4.69, 9.17) is 9.26 Å². The standard InChI is InChI=1S/C23H21FIO3P/c1-14-3-5-16(6-4-14)22-21(15-7-9-17(24)10-8-15)23(2,26)19-12-11-18(28-29-25)13-20(19)27-22/h3-13,21-22,26,29H,1-2H3. The summed E-state index contributed by atoms with van der Waals surface area (Å²) >= 11 is 2.17. The first-order chi connectivity index (χ1) is 13.9. The van der Waals surface area contributed by atoms with E-state index in [1.165, 1.54) is 12.1 Å². The van der Waals surface area contributed by atoms with E-state index in [2.05, 4.69) is 22.0 Å². The fraction of sp³-hybridized carbons (Fsp3) is 0.217. The maximum Gasteiger partial charge on any atom is 0.137 e. The van der Waals surface area contributed by atoms with Gasteiger partial charge in [-0.2, -0.15) is 0 Å². The fourth-order valence-corrected chi connectivity index (χ4v) is 4.96. The van der Waals surface area contributed by atoms with Crippen LogP contribution in [0.4, 0.5) is 4.39 Å². The van der Waals surface area contributed by atoms with Gasteiger partial charge in [0.25, 0.3) is 0 Å². The molecule has 0 aliphatic carbocycles. The van der Waals surface area contributed by atoms with Crippen LogP contribution < -0.4 is 9.26 Å². The fourth-order valence-electron chi connectivity index (χ4n) is 3.98. The quantitative estimate of drug-likeness (QED) is 0.311. The van der Waals surface area contributed by atoms with E-state index in [9.17, 15) is 9.50 Å². The van der Waals surface area contributed by atoms with Crippen LogP contribution >= 0.6 is 28.5 Å². The summed E-state index contributed by atoms with van der Waals surface area (Å²) in [5, 5.41) is 11.7. The van der Waals surface area contributed by atoms with E-state index < -0.39 is 17.6 Å². The Kier molecular flexibility index (Phi) is 5.83. The lowest BCUT2D eigenvalue weighted by atomic mass is 9.71. The van der Waals surface area contributed by atoms with Gasteiger partial charge in [-0.3, -0.25) is 0 Å². The number of halogens is 2. The smallest absolute Gasteiger partial charge is 0.137 e. The average Bonchev–Trinajstić information content (AvgIpc) is 2.69. The number of fused-ring (bicyclic) bond motifs is 1. The number of aryl methyl sites for hydroxylation is 1. The topological polar surface area (TPSA) is 38.7 Å². The molecular weight excluding hydrogens is 501 g/mol. The summed E-state index contributed by atoms with van der Waals surface area (Å²) in [6, 6.07) is 19.9. The number of hydrogen-bond acceptors (Lipinski definition) is 3. The summed E-state index contributed by atoms with van der Waals surface area (Å²) in [5.74, 6) is 0.594. The first-order valence-electron chi connectivity index (χ1n) is 9.28. The third-order valence-corrected chi connectivity index (χ3v) is 6.43. The Labute approximate surface area is 184 Å². The van der Waals surface area contributed by atoms with Gasteiger partial charge in [0.15, 0.2) is 0 Å². The summed E-state index contributed by atoms with van der Waals surface area (Å²) in [6.07, 6.45) is -0.430. The Hall–Kier alpha value is -1.69. The van der Waals surface area contributed by atoms with Crippen LogP contribution in [0.1, 0.15) is 41.2 Å². The van der Waals surface area contributed by atoms with Gasteiger partial charge in [0.2, 0.25) is 0 Å². The van der Waals surface area contributed by atoms with Gasteiger partial charge < -0.3 is 14.4 Å². The average molecular weight is 522 g/mol. The second-order valence-corrected chi connectivity index (χ2v) is 9.14. The van der Waals surface area contributed by atoms with Crippen molar-refractivity contribution in [2.45, 2.75) is 31.5 Å². The largest absolute Gasteiger partial charge is 0.484 e. The Morgan fingerprint density at radius 2 is 1.69 bits per heavy atom. The van der Waals surface area contributed by atoms with Crippen molar-refractivity contribution in [1.82, 2.24) is 0 Å². The molecule has 0 fully saturated rings. The molecule has 1 heterocycles. The minimum Gasteiger partial charge on any atom is -0.484 e. The Morgan fingerprint density at radius 1 is 1.03 bits per heavy atom. The maximum atomic E-state index is 13.6. The summed E-state index contributed by atoms with van der Waals surface area (Å²) in [6.45, 7) is 4.11. The zero-order valence-corrected chi connectivity index (χ0v) is 19.2. The molecule has 4 unspecified atom stereocenters. The molecule has 1 aliphatic heterocycles. The molecule has 4 atom stereocenters. The lowest BCUT2D eigenvalue weighted by Crippen LogP contribution is -2.40. The van der Waals surface area contributed by atoms with E-state index in [-0.39, 0.29) is 12.3 Å². The van der Waals surface area contributed by atoms with E-state index in [1.807, 2.05) is 49.4 Å². The zero-order chi connectivity index (χ0) is 20.6. The molecule has 3 aromatic carbocycles. The minimum absolute atomic E-state index is 0.287. The molecule has 3 aromatic rings. The first-order valence-corrected chi connectivity index (χ1v) is 13.3. The van der Waals surface area contributed by atoms with Crippen LogP contribution in [0.3, 0.4) is 0 Å². The number of benzene rings is 3. The molecule has 4 rings (SSSR count). The third-order valence-electron chi connectivity index (χ3n) is 5.45. The highest BCUT2D eigenvalue weighted by molar-refractivity contribution is 14.2. The number of rotatable bonds is 4. The van der Waals surface area contributed by atoms with Gasteiger partial charge in [-0.05, 0) is 71.3 Å². The lowest BCUT2D eigenvalue weighted by Gasteiger charge is -2.44. The van der Waals surface area contributed by atoms with Gasteiger partial charge in [-0.15, -0.1) is 0 Å². The minimum atomic E-state index is -1.22. The van der Waals surface area contributed by atoms with Crippen LogP contribution in [0.25, 0.3) is 0 Å². The zero-order valence-electron chi connectivity index (χ0n) is 16.0. The molecule has 6 heteroatoms. The molecule has 29 heavy (non-hydrogen) atoms. The molecule has 3 nitrogen and oxygen atoms in total. The van der Waals surface area contributed by atoms with Gasteiger partial charge in [-0.25, -0.2) is 4.39 Å². The second-order valence-electron chi connectivity index (χ2n) is 7.46. The number of aliphatic hydroxyl groups is 1. The van der Waals surface area contributed by atoms with Crippen molar-refractivity contribution in [2.24, 2.45) is 0 Å². The van der Waals surface area contributed by atoms with Crippen molar-refractivity contribution in [3.63, 3.8) is 0 Å². The van der Waals surface area contributed by atoms with Crippen LogP contribution in [0.15, 0.2) is 66.7 Å². The molecular formula is C23H21FIO3P. The highest BCUT2D eigenvalue weighted by Gasteiger charge is 2.47. The Balaban J connectivity index is 1.87. The van der Waals surface area contributed by atoms with Crippen molar-refractivity contribution < 1.29 is 18.8 Å². The van der Waals surface area contributed by atoms with Crippen LogP contribution in [-0.4, -0.2) is 5.11 Å². The monoisotopic (exact) mass is 522 g/mol. The van der Waals surface area contributed by atoms with Crippen LogP contribution in [0.2, 0.25) is 0 Å². The van der Waals surface area contributed by atoms with Crippen LogP contribution in [-0.2, 0) is 5.60 Å². The molecule has 0 bridgehead atoms. The third kappa shape index (κ3) is 4.00. The van der Waals surface area contributed by atoms with E-state index >= 15 is 0 Å². The van der Waals surface area contributed by atoms with Crippen molar-refractivity contribution in [2.75, 3.05) is 0 Å². The van der Waals surface area contributed by atoms with E-state index in [0.717, 1.165) is 16.7 Å². The molecule has 0 saturated carbocycles. The lowest BCUT2D eigenvalue weighted by molar-refractivity contribution is -0.0426. The normalized spacial score (nSPS) is 23.6. The first kappa shape index (κ1) is 20.6. The SMILES string of the molecule is Cc1ccc(C2Oc3cc(OPI)ccc3C(C)(O)C2c2ccc(F)cc2)cc1. The van der Waals surface area contributed by atoms with Gasteiger partial charge in [0, 0.05) is 11.6 Å². The van der Waals surface area contributed by atoms with E-state index in [1.54, 1.807) is 19.1 Å². The molecule has 150 valence electrons. The Bertz CT molecular complexity index is 1010. The molecule has 1 N–H and O–H groups in total. The molecule has 0 radical (unpaired) electrons. The van der Waals surface area contributed by atoms with Crippen LogP contribution in [0.5, 0.6) is 11.5 Å². The molecule has 0 saturated heterocycles. The number of hydrogen-bond donors (Lipinski definition) is 1. The predicted molar refractivity (Wildman–Crippen MR) is 123 cm³/mol. The number of ether oxygens (including phenoxy) is 1. The van der Waals surface area contributed by atoms with Gasteiger partial charge in [-0.1, -0.05) is 42.0 Å². The summed E-state index contributed by atoms with van der Waals surface area (Å²) in [5.41, 5.74) is 2.40. The predicted octanol–water partition coefficient (Wildman–Crippen LogP) is 6.58. The maximum absolute atomic E-state index is 13.6. The van der Waals surface area contributed by atoms with Crippen molar-refractivity contribution >= 4 is 28.5 Å². The summed E-state index contributed by atoms with van der Waals surface area (Å²) in [4.78, 5) is 0. The van der Waals surface area contributed by atoms with Crippen molar-refractivity contribution in [1.29, 1.82) is 0 Å². The summed E-state index contributed by atoms with van der Waals surface area (Å²) in [7, 11) is 0. The molecule has 0 amide bonds. The van der Waals surface area contributed by atoms with Crippen LogP contribution in [0, 0.1) is 12.7 Å². The molecule has 0 aromatic heterocycles. The van der Waals surface area contributed by atoms with Gasteiger partial charge in [0.1, 0.15) is 35.5 Å². The highest BCUT2D eigenvalue weighted by Crippen LogP contribution is 2.54. The Morgan fingerprint density at radius 3 is 2.34 bits per heavy atom. The van der Waals surface area contributed by atoms with Gasteiger partial charge in [0.05, 0.1) is 5.92 Å². The molecule has 0 spiro atoms. The highest BCUT2D eigenvalue weighted by atomic mass is 127.